The number of nitro groups is 1. The second kappa shape index (κ2) is 8.17. The summed E-state index contributed by atoms with van der Waals surface area (Å²) in [6, 6.07) is 9.55. The highest BCUT2D eigenvalue weighted by molar-refractivity contribution is 8.00. The highest BCUT2D eigenvalue weighted by Crippen LogP contribution is 2.36. The van der Waals surface area contributed by atoms with E-state index in [0.717, 1.165) is 4.90 Å². The molecule has 1 atom stereocenters. The van der Waals surface area contributed by atoms with Crippen LogP contribution in [0.5, 0.6) is 17.2 Å². The van der Waals surface area contributed by atoms with Crippen LogP contribution in [0, 0.1) is 10.1 Å². The van der Waals surface area contributed by atoms with Crippen molar-refractivity contribution in [2.24, 2.45) is 0 Å². The number of amides is 1. The fourth-order valence-electron chi connectivity index (χ4n) is 2.50. The molecule has 1 heterocycles. The van der Waals surface area contributed by atoms with Gasteiger partial charge in [-0.3, -0.25) is 14.9 Å². The largest absolute Gasteiger partial charge is 0.495 e. The Labute approximate surface area is 160 Å². The Bertz CT molecular complexity index is 873. The number of thioether (sulfide) groups is 1. The van der Waals surface area contributed by atoms with Crippen LogP contribution in [0.4, 0.5) is 11.4 Å². The summed E-state index contributed by atoms with van der Waals surface area (Å²) in [5.74, 6) is 1.39. The summed E-state index contributed by atoms with van der Waals surface area (Å²) >= 11 is 1.35. The van der Waals surface area contributed by atoms with Crippen molar-refractivity contribution in [3.8, 4) is 17.2 Å². The Kier molecular flexibility index (Phi) is 5.70. The van der Waals surface area contributed by atoms with Crippen LogP contribution in [0.2, 0.25) is 0 Å². The lowest BCUT2D eigenvalue weighted by molar-refractivity contribution is -0.384. The molecule has 1 N–H and O–H groups in total. The molecule has 0 spiro atoms. The van der Waals surface area contributed by atoms with E-state index in [9.17, 15) is 14.9 Å². The molecule has 0 aliphatic carbocycles. The molecule has 0 radical (unpaired) electrons. The lowest BCUT2D eigenvalue weighted by Gasteiger charge is -2.19. The van der Waals surface area contributed by atoms with Crippen molar-refractivity contribution in [2.45, 2.75) is 17.1 Å². The predicted octanol–water partition coefficient (Wildman–Crippen LogP) is 3.49. The average molecular weight is 390 g/mol. The number of nitrogens with zero attached hydrogens (tertiary/aromatic N) is 1. The van der Waals surface area contributed by atoms with Gasteiger partial charge in [0, 0.05) is 17.0 Å². The molecular weight excluding hydrogens is 372 g/mol. The van der Waals surface area contributed by atoms with Crippen molar-refractivity contribution in [2.75, 3.05) is 25.6 Å². The van der Waals surface area contributed by atoms with E-state index in [1.807, 2.05) is 18.2 Å². The van der Waals surface area contributed by atoms with Crippen LogP contribution in [-0.2, 0) is 4.79 Å². The summed E-state index contributed by atoms with van der Waals surface area (Å²) in [6.45, 7) is 2.76. The third kappa shape index (κ3) is 4.43. The predicted molar refractivity (Wildman–Crippen MR) is 101 cm³/mol. The number of anilines is 1. The number of nitrogens with one attached hydrogen (secondary N) is 1. The Hall–Kier alpha value is -2.94. The van der Waals surface area contributed by atoms with Crippen LogP contribution in [0.15, 0.2) is 41.3 Å². The molecule has 1 unspecified atom stereocenters. The number of methoxy groups -OCH3 is 1. The normalized spacial score (nSPS) is 13.6. The van der Waals surface area contributed by atoms with Gasteiger partial charge in [0.25, 0.3) is 5.69 Å². The minimum atomic E-state index is -0.525. The van der Waals surface area contributed by atoms with Crippen LogP contribution in [0.1, 0.15) is 6.92 Å². The highest BCUT2D eigenvalue weighted by atomic mass is 32.2. The molecule has 1 amide bonds. The molecular formula is C18H18N2O6S. The van der Waals surface area contributed by atoms with Crippen LogP contribution in [0.3, 0.4) is 0 Å². The summed E-state index contributed by atoms with van der Waals surface area (Å²) in [5, 5.41) is 13.2. The van der Waals surface area contributed by atoms with E-state index in [-0.39, 0.29) is 17.3 Å². The standard InChI is InChI=1S/C18H18N2O6S/c1-11(27-13-4-6-16-17(10-13)26-8-7-25-16)18(21)19-14-9-12(20(22)23)3-5-15(14)24-2/h3-6,9-11H,7-8H2,1-2H3,(H,19,21). The zero-order valence-electron chi connectivity index (χ0n) is 14.8. The Morgan fingerprint density at radius 1 is 1.22 bits per heavy atom. The second-order valence-electron chi connectivity index (χ2n) is 5.70. The van der Waals surface area contributed by atoms with Crippen molar-refractivity contribution in [3.05, 3.63) is 46.5 Å². The molecule has 0 saturated heterocycles. The van der Waals surface area contributed by atoms with Crippen LogP contribution < -0.4 is 19.5 Å². The smallest absolute Gasteiger partial charge is 0.271 e. The van der Waals surface area contributed by atoms with Gasteiger partial charge >= 0.3 is 0 Å². The van der Waals surface area contributed by atoms with Gasteiger partial charge in [-0.25, -0.2) is 0 Å². The van der Waals surface area contributed by atoms with Gasteiger partial charge in [0.1, 0.15) is 19.0 Å². The molecule has 0 aromatic heterocycles. The summed E-state index contributed by atoms with van der Waals surface area (Å²) in [7, 11) is 1.43. The number of ether oxygens (including phenoxy) is 3. The van der Waals surface area contributed by atoms with Crippen molar-refractivity contribution >= 4 is 29.0 Å². The van der Waals surface area contributed by atoms with E-state index < -0.39 is 10.2 Å². The molecule has 9 heteroatoms. The van der Waals surface area contributed by atoms with Gasteiger partial charge in [-0.1, -0.05) is 0 Å². The molecule has 1 aliphatic rings. The summed E-state index contributed by atoms with van der Waals surface area (Å²) in [5.41, 5.74) is 0.129. The maximum Gasteiger partial charge on any atom is 0.271 e. The third-order valence-electron chi connectivity index (χ3n) is 3.85. The molecule has 2 aromatic rings. The molecule has 1 aliphatic heterocycles. The topological polar surface area (TPSA) is 99.9 Å². The van der Waals surface area contributed by atoms with Gasteiger partial charge in [-0.15, -0.1) is 11.8 Å². The fourth-order valence-corrected chi connectivity index (χ4v) is 3.39. The van der Waals surface area contributed by atoms with Crippen molar-refractivity contribution in [3.63, 3.8) is 0 Å². The van der Waals surface area contributed by atoms with Gasteiger partial charge in [-0.2, -0.15) is 0 Å². The second-order valence-corrected chi connectivity index (χ2v) is 7.11. The SMILES string of the molecule is COc1ccc([N+](=O)[O-])cc1NC(=O)C(C)Sc1ccc2c(c1)OCCO2. The minimum absolute atomic E-state index is 0.127. The monoisotopic (exact) mass is 390 g/mol. The van der Waals surface area contributed by atoms with Crippen molar-refractivity contribution in [1.82, 2.24) is 0 Å². The van der Waals surface area contributed by atoms with Crippen LogP contribution in [0.25, 0.3) is 0 Å². The zero-order chi connectivity index (χ0) is 19.4. The molecule has 8 nitrogen and oxygen atoms in total. The zero-order valence-corrected chi connectivity index (χ0v) is 15.6. The Morgan fingerprint density at radius 2 is 1.96 bits per heavy atom. The number of rotatable bonds is 6. The van der Waals surface area contributed by atoms with E-state index in [2.05, 4.69) is 5.32 Å². The van der Waals surface area contributed by atoms with Crippen molar-refractivity contribution in [1.29, 1.82) is 0 Å². The number of carbonyl (C=O) groups is 1. The molecule has 2 aromatic carbocycles. The minimum Gasteiger partial charge on any atom is -0.495 e. The maximum absolute atomic E-state index is 12.5. The van der Waals surface area contributed by atoms with Gasteiger partial charge in [0.15, 0.2) is 11.5 Å². The first kappa shape index (κ1) is 18.8. The number of carbonyl (C=O) groups excluding carboxylic acids is 1. The molecule has 3 rings (SSSR count). The van der Waals surface area contributed by atoms with Gasteiger partial charge in [0.2, 0.25) is 5.91 Å². The summed E-state index contributed by atoms with van der Waals surface area (Å²) in [4.78, 5) is 23.8. The van der Waals surface area contributed by atoms with Gasteiger partial charge in [-0.05, 0) is 31.2 Å². The first-order valence-electron chi connectivity index (χ1n) is 8.17. The third-order valence-corrected chi connectivity index (χ3v) is 4.94. The number of hydrogen-bond donors (Lipinski definition) is 1. The molecule has 142 valence electrons. The van der Waals surface area contributed by atoms with Crippen LogP contribution in [-0.4, -0.2) is 36.4 Å². The first-order chi connectivity index (χ1) is 13.0. The van der Waals surface area contributed by atoms with E-state index in [4.69, 9.17) is 14.2 Å². The Balaban J connectivity index is 1.71. The number of nitro benzene ring substituents is 1. The lowest BCUT2D eigenvalue weighted by atomic mass is 10.2. The molecule has 0 fully saturated rings. The number of fused-ring (bicyclic) bond motifs is 1. The van der Waals surface area contributed by atoms with E-state index in [1.165, 1.54) is 37.1 Å². The quantitative estimate of drug-likeness (QED) is 0.458. The van der Waals surface area contributed by atoms with Gasteiger partial charge < -0.3 is 19.5 Å². The maximum atomic E-state index is 12.5. The average Bonchev–Trinajstić information content (AvgIpc) is 2.67. The number of hydrogen-bond acceptors (Lipinski definition) is 7. The number of benzene rings is 2. The fraction of sp³-hybridized carbons (Fsp3) is 0.278. The van der Waals surface area contributed by atoms with E-state index in [1.54, 1.807) is 6.92 Å². The highest BCUT2D eigenvalue weighted by Gasteiger charge is 2.20. The summed E-state index contributed by atoms with van der Waals surface area (Å²) in [6.07, 6.45) is 0. The Morgan fingerprint density at radius 3 is 2.67 bits per heavy atom. The van der Waals surface area contributed by atoms with Crippen molar-refractivity contribution < 1.29 is 23.9 Å². The molecule has 0 saturated carbocycles. The lowest BCUT2D eigenvalue weighted by Crippen LogP contribution is -2.22. The summed E-state index contributed by atoms with van der Waals surface area (Å²) < 4.78 is 16.2. The number of non-ortho nitro benzene ring substituents is 1. The van der Waals surface area contributed by atoms with E-state index >= 15 is 0 Å². The molecule has 0 bridgehead atoms. The van der Waals surface area contributed by atoms with Gasteiger partial charge in [0.05, 0.1) is 23.0 Å². The molecule has 27 heavy (non-hydrogen) atoms. The van der Waals surface area contributed by atoms with Crippen LogP contribution >= 0.6 is 11.8 Å². The first-order valence-corrected chi connectivity index (χ1v) is 9.05. The van der Waals surface area contributed by atoms with E-state index in [0.29, 0.717) is 30.5 Å².